The van der Waals surface area contributed by atoms with Gasteiger partial charge in [-0.3, -0.25) is 9.59 Å². The first-order valence-corrected chi connectivity index (χ1v) is 9.01. The summed E-state index contributed by atoms with van der Waals surface area (Å²) in [5.41, 5.74) is 0. The Bertz CT molecular complexity index is 348. The number of amides is 2. The van der Waals surface area contributed by atoms with Crippen molar-refractivity contribution in [3.63, 3.8) is 0 Å². The Morgan fingerprint density at radius 1 is 0.833 bits per heavy atom. The molecule has 0 unspecified atom stereocenters. The van der Waals surface area contributed by atoms with Crippen LogP contribution >= 0.6 is 0 Å². The van der Waals surface area contributed by atoms with E-state index in [0.29, 0.717) is 52.1 Å². The molecule has 0 aromatic rings. The molecule has 1 fully saturated rings. The summed E-state index contributed by atoms with van der Waals surface area (Å²) in [6.45, 7) is 7.81. The third-order valence-electron chi connectivity index (χ3n) is 4.49. The number of aliphatic hydroxyl groups is 1. The molecule has 1 saturated heterocycles. The van der Waals surface area contributed by atoms with Gasteiger partial charge >= 0.3 is 0 Å². The molecule has 140 valence electrons. The molecule has 0 bridgehead atoms. The second kappa shape index (κ2) is 11.4. The van der Waals surface area contributed by atoms with Crippen molar-refractivity contribution in [2.75, 3.05) is 73.1 Å². The van der Waals surface area contributed by atoms with E-state index in [4.69, 9.17) is 5.11 Å². The van der Waals surface area contributed by atoms with E-state index in [9.17, 15) is 9.59 Å². The Hall–Kier alpha value is -1.18. The van der Waals surface area contributed by atoms with Crippen LogP contribution in [-0.2, 0) is 9.59 Å². The molecule has 0 aromatic heterocycles. The minimum atomic E-state index is 0.110. The van der Waals surface area contributed by atoms with Crippen LogP contribution in [0, 0.1) is 0 Å². The van der Waals surface area contributed by atoms with E-state index in [1.165, 1.54) is 0 Å². The van der Waals surface area contributed by atoms with Crippen LogP contribution < -0.4 is 0 Å². The lowest BCUT2D eigenvalue weighted by molar-refractivity contribution is -0.139. The van der Waals surface area contributed by atoms with E-state index in [1.807, 2.05) is 28.8 Å². The van der Waals surface area contributed by atoms with E-state index in [0.717, 1.165) is 19.5 Å². The summed E-state index contributed by atoms with van der Waals surface area (Å²) in [5.74, 6) is 0.322. The molecule has 1 aliphatic rings. The first-order valence-electron chi connectivity index (χ1n) is 9.01. The molecule has 7 heteroatoms. The van der Waals surface area contributed by atoms with E-state index in [-0.39, 0.29) is 18.4 Å². The Morgan fingerprint density at radius 3 is 1.62 bits per heavy atom. The quantitative estimate of drug-likeness (QED) is 0.591. The van der Waals surface area contributed by atoms with Crippen molar-refractivity contribution in [3.8, 4) is 0 Å². The highest BCUT2D eigenvalue weighted by Crippen LogP contribution is 2.06. The number of hydrogen-bond acceptors (Lipinski definition) is 5. The highest BCUT2D eigenvalue weighted by atomic mass is 16.3. The molecule has 0 aromatic carbocycles. The zero-order valence-electron chi connectivity index (χ0n) is 15.5. The molecule has 1 N–H and O–H groups in total. The Morgan fingerprint density at radius 2 is 1.25 bits per heavy atom. The third kappa shape index (κ3) is 7.59. The first-order chi connectivity index (χ1) is 11.5. The lowest BCUT2D eigenvalue weighted by atomic mass is 10.2. The molecule has 0 aliphatic carbocycles. The SMILES string of the molecule is CCCN(C)CCC(=O)N1CCN(C(=O)CCN(C)CCO)CC1. The van der Waals surface area contributed by atoms with Gasteiger partial charge in [-0.1, -0.05) is 6.92 Å². The smallest absolute Gasteiger partial charge is 0.223 e. The van der Waals surface area contributed by atoms with Crippen molar-refractivity contribution in [2.24, 2.45) is 0 Å². The summed E-state index contributed by atoms with van der Waals surface area (Å²) < 4.78 is 0. The van der Waals surface area contributed by atoms with Crippen molar-refractivity contribution in [1.82, 2.24) is 19.6 Å². The van der Waals surface area contributed by atoms with Crippen molar-refractivity contribution in [1.29, 1.82) is 0 Å². The van der Waals surface area contributed by atoms with E-state index in [1.54, 1.807) is 0 Å². The van der Waals surface area contributed by atoms with Gasteiger partial charge in [-0.05, 0) is 27.1 Å². The topological polar surface area (TPSA) is 67.3 Å². The van der Waals surface area contributed by atoms with Gasteiger partial charge in [0.25, 0.3) is 0 Å². The van der Waals surface area contributed by atoms with Gasteiger partial charge in [-0.25, -0.2) is 0 Å². The fraction of sp³-hybridized carbons (Fsp3) is 0.882. The van der Waals surface area contributed by atoms with Crippen LogP contribution in [0.15, 0.2) is 0 Å². The van der Waals surface area contributed by atoms with E-state index in [2.05, 4.69) is 11.8 Å². The molecule has 7 nitrogen and oxygen atoms in total. The largest absolute Gasteiger partial charge is 0.395 e. The number of likely N-dealkylation sites (N-methyl/N-ethyl adjacent to an activating group) is 1. The molecule has 0 spiro atoms. The average Bonchev–Trinajstić information content (AvgIpc) is 2.58. The second-order valence-electron chi connectivity index (χ2n) is 6.59. The number of rotatable bonds is 10. The van der Waals surface area contributed by atoms with Crippen LogP contribution in [0.25, 0.3) is 0 Å². The predicted octanol–water partition coefficient (Wildman–Crippen LogP) is -0.297. The maximum Gasteiger partial charge on any atom is 0.223 e. The van der Waals surface area contributed by atoms with Crippen LogP contribution in [-0.4, -0.2) is 110 Å². The number of aliphatic hydroxyl groups excluding tert-OH is 1. The van der Waals surface area contributed by atoms with Crippen LogP contribution in [0.2, 0.25) is 0 Å². The summed E-state index contributed by atoms with van der Waals surface area (Å²) in [6, 6.07) is 0. The van der Waals surface area contributed by atoms with Crippen molar-refractivity contribution < 1.29 is 14.7 Å². The van der Waals surface area contributed by atoms with Crippen LogP contribution in [0.5, 0.6) is 0 Å². The van der Waals surface area contributed by atoms with Gasteiger partial charge in [0.1, 0.15) is 0 Å². The van der Waals surface area contributed by atoms with Crippen LogP contribution in [0.3, 0.4) is 0 Å². The molecular weight excluding hydrogens is 308 g/mol. The molecule has 1 rings (SSSR count). The standard InChI is InChI=1S/C17H34N4O3/c1-4-7-18(2)8-5-16(23)20-10-12-21(13-11-20)17(24)6-9-19(3)14-15-22/h22H,4-15H2,1-3H3. The molecule has 24 heavy (non-hydrogen) atoms. The fourth-order valence-electron chi connectivity index (χ4n) is 2.87. The summed E-state index contributed by atoms with van der Waals surface area (Å²) in [4.78, 5) is 32.3. The minimum Gasteiger partial charge on any atom is -0.395 e. The van der Waals surface area contributed by atoms with Gasteiger partial charge in [-0.2, -0.15) is 0 Å². The highest BCUT2D eigenvalue weighted by Gasteiger charge is 2.23. The Kier molecular flexibility index (Phi) is 9.90. The van der Waals surface area contributed by atoms with Crippen LogP contribution in [0.1, 0.15) is 26.2 Å². The molecule has 2 amide bonds. The van der Waals surface area contributed by atoms with Gasteiger partial charge in [0, 0.05) is 58.7 Å². The summed E-state index contributed by atoms with van der Waals surface area (Å²) in [6.07, 6.45) is 2.11. The second-order valence-corrected chi connectivity index (χ2v) is 6.59. The number of carbonyl (C=O) groups excluding carboxylic acids is 2. The van der Waals surface area contributed by atoms with Crippen molar-refractivity contribution in [2.45, 2.75) is 26.2 Å². The normalized spacial score (nSPS) is 15.4. The lowest BCUT2D eigenvalue weighted by Crippen LogP contribution is -2.51. The predicted molar refractivity (Wildman–Crippen MR) is 94.8 cm³/mol. The summed E-state index contributed by atoms with van der Waals surface area (Å²) in [5, 5.41) is 8.86. The maximum atomic E-state index is 12.2. The van der Waals surface area contributed by atoms with E-state index < -0.39 is 0 Å². The molecule has 0 radical (unpaired) electrons. The molecule has 0 atom stereocenters. The van der Waals surface area contributed by atoms with Crippen molar-refractivity contribution in [3.05, 3.63) is 0 Å². The van der Waals surface area contributed by atoms with Gasteiger partial charge in [0.2, 0.25) is 11.8 Å². The first kappa shape index (κ1) is 20.9. The van der Waals surface area contributed by atoms with Gasteiger partial charge in [0.05, 0.1) is 6.61 Å². The maximum absolute atomic E-state index is 12.2. The number of carbonyl (C=O) groups is 2. The fourth-order valence-corrected chi connectivity index (χ4v) is 2.87. The van der Waals surface area contributed by atoms with Gasteiger partial charge in [-0.15, -0.1) is 0 Å². The minimum absolute atomic E-state index is 0.110. The number of hydrogen-bond donors (Lipinski definition) is 1. The van der Waals surface area contributed by atoms with E-state index >= 15 is 0 Å². The lowest BCUT2D eigenvalue weighted by Gasteiger charge is -2.35. The van der Waals surface area contributed by atoms with Gasteiger partial charge in [0.15, 0.2) is 0 Å². The Labute approximate surface area is 146 Å². The average molecular weight is 342 g/mol. The number of piperazine rings is 1. The molecule has 1 heterocycles. The van der Waals surface area contributed by atoms with Crippen molar-refractivity contribution >= 4 is 11.8 Å². The summed E-state index contributed by atoms with van der Waals surface area (Å²) >= 11 is 0. The monoisotopic (exact) mass is 342 g/mol. The molecule has 0 saturated carbocycles. The third-order valence-corrected chi connectivity index (χ3v) is 4.49. The molecule has 1 aliphatic heterocycles. The number of nitrogens with zero attached hydrogens (tertiary/aromatic N) is 4. The highest BCUT2D eigenvalue weighted by molar-refractivity contribution is 5.78. The zero-order chi connectivity index (χ0) is 17.9. The molecular formula is C17H34N4O3. The Balaban J connectivity index is 2.25. The van der Waals surface area contributed by atoms with Crippen LogP contribution in [0.4, 0.5) is 0 Å². The zero-order valence-corrected chi connectivity index (χ0v) is 15.5. The van der Waals surface area contributed by atoms with Gasteiger partial charge < -0.3 is 24.7 Å². The summed E-state index contributed by atoms with van der Waals surface area (Å²) in [7, 11) is 3.94.